The Balaban J connectivity index is 2.72. The van der Waals surface area contributed by atoms with Crippen molar-refractivity contribution in [2.24, 2.45) is 17.3 Å². The molecule has 0 amide bonds. The van der Waals surface area contributed by atoms with Crippen molar-refractivity contribution in [3.63, 3.8) is 0 Å². The van der Waals surface area contributed by atoms with Crippen LogP contribution >= 0.6 is 0 Å². The summed E-state index contributed by atoms with van der Waals surface area (Å²) in [5.74, 6) is 1.90. The molecule has 1 aliphatic rings. The molecule has 1 rings (SSSR count). The lowest BCUT2D eigenvalue weighted by Crippen LogP contribution is -2.27. The molecule has 0 aromatic heterocycles. The van der Waals surface area contributed by atoms with E-state index in [1.54, 1.807) is 0 Å². The van der Waals surface area contributed by atoms with Crippen LogP contribution in [0.15, 0.2) is 0 Å². The van der Waals surface area contributed by atoms with Crippen molar-refractivity contribution < 1.29 is 0 Å². The van der Waals surface area contributed by atoms with Crippen LogP contribution in [0.25, 0.3) is 0 Å². The molecule has 0 aromatic carbocycles. The molecule has 0 heterocycles. The van der Waals surface area contributed by atoms with Gasteiger partial charge in [-0.25, -0.2) is 0 Å². The lowest BCUT2D eigenvalue weighted by atomic mass is 9.69. The fourth-order valence-electron chi connectivity index (χ4n) is 3.33. The monoisotopic (exact) mass is 168 g/mol. The predicted octanol–water partition coefficient (Wildman–Crippen LogP) is 4.25. The Labute approximate surface area is 77.7 Å². The van der Waals surface area contributed by atoms with Gasteiger partial charge in [-0.1, -0.05) is 47.0 Å². The summed E-state index contributed by atoms with van der Waals surface area (Å²) in [4.78, 5) is 0. The summed E-state index contributed by atoms with van der Waals surface area (Å²) in [6.45, 7) is 9.56. The van der Waals surface area contributed by atoms with Gasteiger partial charge in [0.1, 0.15) is 0 Å². The second kappa shape index (κ2) is 3.81. The van der Waals surface area contributed by atoms with Crippen LogP contribution in [0, 0.1) is 17.3 Å². The average molecular weight is 168 g/mol. The van der Waals surface area contributed by atoms with Crippen molar-refractivity contribution in [3.05, 3.63) is 0 Å². The summed E-state index contributed by atoms with van der Waals surface area (Å²) in [6.07, 6.45) is 7.24. The van der Waals surface area contributed by atoms with Crippen LogP contribution in [0.4, 0.5) is 0 Å². The van der Waals surface area contributed by atoms with E-state index in [1.807, 2.05) is 0 Å². The maximum atomic E-state index is 2.40. The lowest BCUT2D eigenvalue weighted by molar-refractivity contribution is 0.137. The fourth-order valence-corrected chi connectivity index (χ4v) is 3.33. The molecule has 1 unspecified atom stereocenters. The number of hydrogen-bond donors (Lipinski definition) is 0. The molecule has 0 bridgehead atoms. The van der Waals surface area contributed by atoms with Gasteiger partial charge >= 0.3 is 0 Å². The fraction of sp³-hybridized carbons (Fsp3) is 1.00. The molecule has 12 heavy (non-hydrogen) atoms. The van der Waals surface area contributed by atoms with Crippen LogP contribution in [0.5, 0.6) is 0 Å². The predicted molar refractivity (Wildman–Crippen MR) is 55.2 cm³/mol. The van der Waals surface area contributed by atoms with Crippen LogP contribution in [0.3, 0.4) is 0 Å². The second-order valence-corrected chi connectivity index (χ2v) is 4.81. The van der Waals surface area contributed by atoms with E-state index in [1.165, 1.54) is 32.1 Å². The minimum Gasteiger partial charge on any atom is -0.0648 e. The summed E-state index contributed by atoms with van der Waals surface area (Å²) < 4.78 is 0. The molecule has 0 nitrogen and oxygen atoms in total. The van der Waals surface area contributed by atoms with Gasteiger partial charge in [0, 0.05) is 0 Å². The van der Waals surface area contributed by atoms with Gasteiger partial charge in [0.15, 0.2) is 0 Å². The molecule has 1 atom stereocenters. The Morgan fingerprint density at radius 3 is 2.17 bits per heavy atom. The number of hydrogen-bond acceptors (Lipinski definition) is 0. The van der Waals surface area contributed by atoms with E-state index in [4.69, 9.17) is 0 Å². The zero-order chi connectivity index (χ0) is 9.19. The minimum atomic E-state index is 0.716. The van der Waals surface area contributed by atoms with Crippen LogP contribution in [-0.2, 0) is 0 Å². The third kappa shape index (κ3) is 1.53. The Hall–Kier alpha value is 0. The second-order valence-electron chi connectivity index (χ2n) is 4.81. The standard InChI is InChI=1S/C12H24/c1-5-12(6-2)9-7-8-11(12)10(3)4/h10-11H,5-9H2,1-4H3. The van der Waals surface area contributed by atoms with Gasteiger partial charge in [-0.15, -0.1) is 0 Å². The van der Waals surface area contributed by atoms with Crippen molar-refractivity contribution >= 4 is 0 Å². The third-order valence-electron chi connectivity index (χ3n) is 4.19. The van der Waals surface area contributed by atoms with Crippen LogP contribution < -0.4 is 0 Å². The number of rotatable bonds is 3. The molecule has 1 fully saturated rings. The minimum absolute atomic E-state index is 0.716. The average Bonchev–Trinajstić information content (AvgIpc) is 2.48. The van der Waals surface area contributed by atoms with Crippen LogP contribution in [0.1, 0.15) is 59.8 Å². The smallest absolute Gasteiger partial charge is 0.0272 e. The van der Waals surface area contributed by atoms with Crippen molar-refractivity contribution in [1.82, 2.24) is 0 Å². The Morgan fingerprint density at radius 2 is 1.83 bits per heavy atom. The van der Waals surface area contributed by atoms with Crippen molar-refractivity contribution in [2.45, 2.75) is 59.8 Å². The summed E-state index contributed by atoms with van der Waals surface area (Å²) in [5, 5.41) is 0. The van der Waals surface area contributed by atoms with Crippen LogP contribution in [0.2, 0.25) is 0 Å². The van der Waals surface area contributed by atoms with E-state index >= 15 is 0 Å². The van der Waals surface area contributed by atoms with E-state index in [0.717, 1.165) is 11.8 Å². The molecule has 0 saturated heterocycles. The van der Waals surface area contributed by atoms with E-state index in [-0.39, 0.29) is 0 Å². The summed E-state index contributed by atoms with van der Waals surface area (Å²) in [7, 11) is 0. The highest BCUT2D eigenvalue weighted by atomic mass is 14.5. The van der Waals surface area contributed by atoms with E-state index in [9.17, 15) is 0 Å². The normalized spacial score (nSPS) is 28.2. The van der Waals surface area contributed by atoms with Gasteiger partial charge in [-0.3, -0.25) is 0 Å². The molecule has 0 aromatic rings. The molecule has 0 radical (unpaired) electrons. The Kier molecular flexibility index (Phi) is 3.20. The first-order valence-electron chi connectivity index (χ1n) is 5.66. The van der Waals surface area contributed by atoms with E-state index in [2.05, 4.69) is 27.7 Å². The van der Waals surface area contributed by atoms with Gasteiger partial charge in [0.2, 0.25) is 0 Å². The van der Waals surface area contributed by atoms with Gasteiger partial charge < -0.3 is 0 Å². The molecule has 1 saturated carbocycles. The first-order chi connectivity index (χ1) is 5.66. The maximum Gasteiger partial charge on any atom is -0.0272 e. The summed E-state index contributed by atoms with van der Waals surface area (Å²) >= 11 is 0. The largest absolute Gasteiger partial charge is 0.0648 e. The summed E-state index contributed by atoms with van der Waals surface area (Å²) in [5.41, 5.74) is 0.716. The molecule has 0 heteroatoms. The van der Waals surface area contributed by atoms with Crippen LogP contribution in [-0.4, -0.2) is 0 Å². The lowest BCUT2D eigenvalue weighted by Gasteiger charge is -2.36. The van der Waals surface area contributed by atoms with Gasteiger partial charge in [-0.05, 0) is 30.1 Å². The van der Waals surface area contributed by atoms with Crippen molar-refractivity contribution in [1.29, 1.82) is 0 Å². The topological polar surface area (TPSA) is 0 Å². The molecule has 0 aliphatic heterocycles. The zero-order valence-electron chi connectivity index (χ0n) is 9.19. The van der Waals surface area contributed by atoms with Crippen molar-refractivity contribution in [2.75, 3.05) is 0 Å². The molecule has 0 spiro atoms. The van der Waals surface area contributed by atoms with Crippen molar-refractivity contribution in [3.8, 4) is 0 Å². The highest BCUT2D eigenvalue weighted by Gasteiger charge is 2.40. The third-order valence-corrected chi connectivity index (χ3v) is 4.19. The van der Waals surface area contributed by atoms with E-state index in [0.29, 0.717) is 5.41 Å². The molecular formula is C12H24. The van der Waals surface area contributed by atoms with Gasteiger partial charge in [0.05, 0.1) is 0 Å². The Bertz CT molecular complexity index is 131. The quantitative estimate of drug-likeness (QED) is 0.591. The Morgan fingerprint density at radius 1 is 1.25 bits per heavy atom. The molecule has 1 aliphatic carbocycles. The summed E-state index contributed by atoms with van der Waals surface area (Å²) in [6, 6.07) is 0. The SMILES string of the molecule is CCC1(CC)CCCC1C(C)C. The first-order valence-corrected chi connectivity index (χ1v) is 5.66. The highest BCUT2D eigenvalue weighted by molar-refractivity contribution is 4.91. The zero-order valence-corrected chi connectivity index (χ0v) is 9.19. The molecular weight excluding hydrogens is 144 g/mol. The van der Waals surface area contributed by atoms with E-state index < -0.39 is 0 Å². The molecule has 72 valence electrons. The molecule has 0 N–H and O–H groups in total. The van der Waals surface area contributed by atoms with Gasteiger partial charge in [0.25, 0.3) is 0 Å². The first kappa shape index (κ1) is 10.1. The maximum absolute atomic E-state index is 2.40. The van der Waals surface area contributed by atoms with Gasteiger partial charge in [-0.2, -0.15) is 0 Å². The highest BCUT2D eigenvalue weighted by Crippen LogP contribution is 2.51.